The molecular weight excluding hydrogens is 978 g/mol. The number of amides is 7. The highest BCUT2D eigenvalue weighted by Crippen LogP contribution is 2.40. The van der Waals surface area contributed by atoms with Gasteiger partial charge in [0.15, 0.2) is 5.82 Å². The van der Waals surface area contributed by atoms with Gasteiger partial charge < -0.3 is 54.3 Å². The molecule has 2 saturated heterocycles. The number of ether oxygens (including phenoxy) is 5. The smallest absolute Gasteiger partial charge is 0.342 e. The molecule has 25 heteroatoms. The van der Waals surface area contributed by atoms with Gasteiger partial charge in [-0.25, -0.2) is 9.37 Å². The summed E-state index contributed by atoms with van der Waals surface area (Å²) >= 11 is 0. The van der Waals surface area contributed by atoms with Gasteiger partial charge >= 0.3 is 5.92 Å². The summed E-state index contributed by atoms with van der Waals surface area (Å²) in [4.78, 5) is 103. The lowest BCUT2D eigenvalue weighted by Crippen LogP contribution is -2.54. The molecule has 1 saturated carbocycles. The third kappa shape index (κ3) is 12.2. The van der Waals surface area contributed by atoms with Gasteiger partial charge in [-0.15, -0.1) is 0 Å². The second-order valence-corrected chi connectivity index (χ2v) is 18.3. The molecule has 3 fully saturated rings. The monoisotopic (exact) mass is 1040 g/mol. The molecule has 0 spiro atoms. The van der Waals surface area contributed by atoms with Crippen LogP contribution in [0, 0.1) is 5.82 Å². The summed E-state index contributed by atoms with van der Waals surface area (Å²) in [7, 11) is 2.59. The zero-order valence-electron chi connectivity index (χ0n) is 41.1. The van der Waals surface area contributed by atoms with Gasteiger partial charge in [0.25, 0.3) is 23.6 Å². The van der Waals surface area contributed by atoms with E-state index >= 15 is 13.2 Å². The van der Waals surface area contributed by atoms with Gasteiger partial charge in [0.2, 0.25) is 23.7 Å². The number of halogens is 3. The van der Waals surface area contributed by atoms with Gasteiger partial charge in [-0.05, 0) is 50.3 Å². The van der Waals surface area contributed by atoms with E-state index in [0.29, 0.717) is 70.8 Å². The molecule has 5 aliphatic rings. The second-order valence-electron chi connectivity index (χ2n) is 18.3. The maximum absolute atomic E-state index is 15.6. The predicted molar refractivity (Wildman–Crippen MR) is 258 cm³/mol. The SMILES string of the molecule is COc1cc(C(=O)NC2CCN(C(=O)COCCOCCOCCOCCNc3cccc4c3C(=O)N(C3CCC(=O)NC3=O)C4=O)CC2)c(F)cc1Nc1ncc2c(n1)N(C1CCCC1)CC(F)(F)C(=O)N2C. The van der Waals surface area contributed by atoms with E-state index in [9.17, 15) is 33.6 Å². The number of nitrogens with one attached hydrogen (secondary N) is 4. The molecule has 1 aromatic heterocycles. The number of carbonyl (C=O) groups is 7. The Balaban J connectivity index is 0.682. The molecule has 74 heavy (non-hydrogen) atoms. The Morgan fingerprint density at radius 1 is 0.865 bits per heavy atom. The van der Waals surface area contributed by atoms with E-state index in [4.69, 9.17) is 23.7 Å². The van der Waals surface area contributed by atoms with Crippen molar-refractivity contribution >= 4 is 70.2 Å². The second kappa shape index (κ2) is 23.9. The van der Waals surface area contributed by atoms with Gasteiger partial charge in [0.1, 0.15) is 29.9 Å². The quantitative estimate of drug-likeness (QED) is 0.0834. The van der Waals surface area contributed by atoms with Crippen LogP contribution in [0.15, 0.2) is 36.5 Å². The van der Waals surface area contributed by atoms with Crippen LogP contribution in [0.4, 0.5) is 42.0 Å². The largest absolute Gasteiger partial charge is 0.495 e. The normalized spacial score (nSPS) is 19.1. The van der Waals surface area contributed by atoms with Crippen LogP contribution in [0.25, 0.3) is 0 Å². The lowest BCUT2D eigenvalue weighted by Gasteiger charge is -2.32. The highest BCUT2D eigenvalue weighted by molar-refractivity contribution is 6.25. The van der Waals surface area contributed by atoms with Crippen LogP contribution in [0.1, 0.15) is 82.4 Å². The zero-order chi connectivity index (χ0) is 52.5. The number of imide groups is 2. The standard InChI is InChI=1S/C49H59F3N10O12/c1-59-37-26-54-48(58-42(37)61(30-6-3-4-7-30)28-49(51,52)47(59)69)56-35-25-33(50)32(24-38(35)70-2)43(65)55-29-12-15-60(16-13-29)40(64)27-74-23-22-73-21-20-72-19-18-71-17-14-53-34-9-5-8-31-41(34)46(68)62(45(31)67)36-10-11-39(63)57-44(36)66/h5,8-9,24-26,29-30,36,53H,3-4,6-7,10-23,27-28H2,1-2H3,(H,55,65)(H,54,56,58)(H,57,63,66). The number of benzene rings is 2. The molecule has 4 aliphatic heterocycles. The Bertz CT molecular complexity index is 2610. The fourth-order valence-corrected chi connectivity index (χ4v) is 9.59. The first kappa shape index (κ1) is 53.3. The number of anilines is 5. The Labute approximate surface area is 423 Å². The summed E-state index contributed by atoms with van der Waals surface area (Å²) < 4.78 is 73.4. The first-order valence-corrected chi connectivity index (χ1v) is 24.6. The first-order chi connectivity index (χ1) is 35.6. The molecule has 1 unspecified atom stereocenters. The van der Waals surface area contributed by atoms with Crippen molar-refractivity contribution < 1.29 is 70.4 Å². The van der Waals surface area contributed by atoms with Crippen molar-refractivity contribution in [2.45, 2.75) is 75.4 Å². The van der Waals surface area contributed by atoms with Crippen molar-refractivity contribution in [1.29, 1.82) is 0 Å². The Morgan fingerprint density at radius 2 is 1.55 bits per heavy atom. The van der Waals surface area contributed by atoms with Crippen LogP contribution in [-0.4, -0.2) is 178 Å². The van der Waals surface area contributed by atoms with E-state index in [2.05, 4.69) is 31.2 Å². The Kier molecular flexibility index (Phi) is 17.2. The number of carbonyl (C=O) groups excluding carboxylic acids is 7. The molecule has 5 heterocycles. The number of piperidine rings is 2. The molecule has 8 rings (SSSR count). The van der Waals surface area contributed by atoms with Crippen molar-refractivity contribution in [2.24, 2.45) is 0 Å². The van der Waals surface area contributed by atoms with E-state index in [1.54, 1.807) is 17.0 Å². The van der Waals surface area contributed by atoms with E-state index in [1.807, 2.05) is 0 Å². The molecule has 22 nitrogen and oxygen atoms in total. The maximum atomic E-state index is 15.6. The average molecular weight is 1040 g/mol. The van der Waals surface area contributed by atoms with Crippen molar-refractivity contribution in [3.8, 4) is 5.75 Å². The molecule has 4 N–H and O–H groups in total. The number of methoxy groups -OCH3 is 1. The fourth-order valence-electron chi connectivity index (χ4n) is 9.59. The summed E-state index contributed by atoms with van der Waals surface area (Å²) in [6, 6.07) is 5.48. The van der Waals surface area contributed by atoms with Crippen molar-refractivity contribution in [3.63, 3.8) is 0 Å². The van der Waals surface area contributed by atoms with E-state index in [0.717, 1.165) is 28.7 Å². The number of rotatable bonds is 22. The molecule has 7 amide bonds. The fraction of sp³-hybridized carbons (Fsp3) is 0.531. The van der Waals surface area contributed by atoms with Crippen LogP contribution < -0.4 is 35.8 Å². The molecule has 1 atom stereocenters. The first-order valence-electron chi connectivity index (χ1n) is 24.6. The van der Waals surface area contributed by atoms with Crippen molar-refractivity contribution in [3.05, 3.63) is 59.0 Å². The lowest BCUT2D eigenvalue weighted by molar-refractivity contribution is -0.140. The summed E-state index contributed by atoms with van der Waals surface area (Å²) in [6.07, 6.45) is 5.26. The number of alkyl halides is 2. The summed E-state index contributed by atoms with van der Waals surface area (Å²) in [5, 5.41) is 11.0. The van der Waals surface area contributed by atoms with Crippen LogP contribution in [0.5, 0.6) is 5.75 Å². The van der Waals surface area contributed by atoms with Crippen LogP contribution in [0.3, 0.4) is 0 Å². The summed E-state index contributed by atoms with van der Waals surface area (Å²) in [5.41, 5.74) is 0.701. The third-order valence-electron chi connectivity index (χ3n) is 13.5. The maximum Gasteiger partial charge on any atom is 0.342 e. The summed E-state index contributed by atoms with van der Waals surface area (Å²) in [5.74, 6) is -8.90. The predicted octanol–water partition coefficient (Wildman–Crippen LogP) is 3.03. The summed E-state index contributed by atoms with van der Waals surface area (Å²) in [6.45, 7) is 1.90. The van der Waals surface area contributed by atoms with E-state index in [1.165, 1.54) is 37.4 Å². The number of likely N-dealkylation sites (tertiary alicyclic amines) is 1. The highest BCUT2D eigenvalue weighted by Gasteiger charge is 2.49. The number of nitrogens with zero attached hydrogens (tertiary/aromatic N) is 6. The van der Waals surface area contributed by atoms with E-state index in [-0.39, 0.29) is 109 Å². The highest BCUT2D eigenvalue weighted by atomic mass is 19.3. The number of hydrogen-bond donors (Lipinski definition) is 4. The zero-order valence-corrected chi connectivity index (χ0v) is 41.1. The Morgan fingerprint density at radius 3 is 2.24 bits per heavy atom. The van der Waals surface area contributed by atoms with Gasteiger partial charge in [0.05, 0.1) is 88.5 Å². The molecule has 398 valence electrons. The lowest BCUT2D eigenvalue weighted by atomic mass is 10.0. The molecule has 0 radical (unpaired) electrons. The minimum atomic E-state index is -3.65. The minimum absolute atomic E-state index is 0.0342. The van der Waals surface area contributed by atoms with Gasteiger partial charge in [-0.3, -0.25) is 43.8 Å². The third-order valence-corrected chi connectivity index (χ3v) is 13.5. The number of hydrogen-bond acceptors (Lipinski definition) is 17. The van der Waals surface area contributed by atoms with Crippen LogP contribution in [-0.2, 0) is 38.1 Å². The molecule has 1 aliphatic carbocycles. The number of aromatic nitrogens is 2. The van der Waals surface area contributed by atoms with Gasteiger partial charge in [-0.1, -0.05) is 18.9 Å². The molecule has 3 aromatic rings. The van der Waals surface area contributed by atoms with Crippen molar-refractivity contribution in [2.75, 3.05) is 114 Å². The van der Waals surface area contributed by atoms with E-state index < -0.39 is 59.8 Å². The minimum Gasteiger partial charge on any atom is -0.495 e. The molecule has 2 aromatic carbocycles. The van der Waals surface area contributed by atoms with Gasteiger partial charge in [-0.2, -0.15) is 13.8 Å². The topological polar surface area (TPSA) is 252 Å². The van der Waals surface area contributed by atoms with Gasteiger partial charge in [0, 0.05) is 56.9 Å². The average Bonchev–Trinajstić information content (AvgIpc) is 4.00. The van der Waals surface area contributed by atoms with Crippen LogP contribution >= 0.6 is 0 Å². The molecular formula is C49H59F3N10O12. The molecule has 0 bridgehead atoms. The Hall–Kier alpha value is -6.96. The van der Waals surface area contributed by atoms with Crippen molar-refractivity contribution in [1.82, 2.24) is 30.4 Å². The number of fused-ring (bicyclic) bond motifs is 2. The van der Waals surface area contributed by atoms with Crippen LogP contribution in [0.2, 0.25) is 0 Å².